The average molecular weight is 368 g/mol. The highest BCUT2D eigenvalue weighted by Gasteiger charge is 2.20. The van der Waals surface area contributed by atoms with E-state index in [-0.39, 0.29) is 34.0 Å². The van der Waals surface area contributed by atoms with E-state index < -0.39 is 0 Å². The van der Waals surface area contributed by atoms with Gasteiger partial charge in [0.2, 0.25) is 0 Å². The minimum atomic E-state index is 0. The van der Waals surface area contributed by atoms with Gasteiger partial charge < -0.3 is 15.3 Å². The summed E-state index contributed by atoms with van der Waals surface area (Å²) in [5, 5.41) is 13.0. The van der Waals surface area contributed by atoms with Gasteiger partial charge >= 0.3 is 0 Å². The Bertz CT molecular complexity index is 358. The Morgan fingerprint density at radius 1 is 1.35 bits per heavy atom. The Morgan fingerprint density at radius 3 is 2.71 bits per heavy atom. The Balaban J connectivity index is 0.00000128. The largest absolute Gasteiger partial charge is 0.508 e. The van der Waals surface area contributed by atoms with Crippen LogP contribution in [0.1, 0.15) is 17.2 Å². The zero-order valence-electron chi connectivity index (χ0n) is 10.1. The monoisotopic (exact) mass is 366 g/mol. The number of phenols is 1. The Morgan fingerprint density at radius 2 is 2.06 bits per heavy atom. The maximum absolute atomic E-state index is 9.50. The maximum Gasteiger partial charge on any atom is 0.115 e. The molecule has 0 fully saturated rings. The van der Waals surface area contributed by atoms with Gasteiger partial charge in [-0.25, -0.2) is 0 Å². The molecule has 5 heteroatoms. The van der Waals surface area contributed by atoms with Crippen molar-refractivity contribution < 1.29 is 5.11 Å². The third kappa shape index (κ3) is 4.25. The highest BCUT2D eigenvalue weighted by Crippen LogP contribution is 2.26. The van der Waals surface area contributed by atoms with Crippen molar-refractivity contribution in [3.05, 3.63) is 29.3 Å². The molecule has 0 saturated carbocycles. The summed E-state index contributed by atoms with van der Waals surface area (Å²) in [6, 6.07) is 6.04. The molecule has 1 aliphatic heterocycles. The summed E-state index contributed by atoms with van der Waals surface area (Å²) in [6.07, 6.45) is 1.06. The van der Waals surface area contributed by atoms with Crippen molar-refractivity contribution in [3.63, 3.8) is 0 Å². The van der Waals surface area contributed by atoms with Crippen LogP contribution in [0.2, 0.25) is 0 Å². The number of fused-ring (bicyclic) bond motifs is 1. The zero-order valence-corrected chi connectivity index (χ0v) is 13.6. The molecule has 1 aromatic carbocycles. The van der Waals surface area contributed by atoms with Crippen LogP contribution in [0.5, 0.6) is 5.75 Å². The van der Waals surface area contributed by atoms with Gasteiger partial charge in [-0.3, -0.25) is 0 Å². The molecule has 17 heavy (non-hydrogen) atoms. The molecule has 0 aliphatic carbocycles. The molecule has 1 aromatic rings. The Labute approximate surface area is 124 Å². The van der Waals surface area contributed by atoms with Gasteiger partial charge in [0, 0.05) is 12.6 Å². The first-order chi connectivity index (χ1) is 7.16. The van der Waals surface area contributed by atoms with E-state index in [2.05, 4.69) is 24.3 Å². The van der Waals surface area contributed by atoms with Crippen molar-refractivity contribution in [2.24, 2.45) is 0 Å². The molecule has 1 unspecified atom stereocenters. The minimum Gasteiger partial charge on any atom is -0.508 e. The Kier molecular flexibility index (Phi) is 7.32. The SMILES string of the molecule is Br.Br.CN(C)CC1NCCc2ccc(O)cc21. The molecule has 0 bridgehead atoms. The van der Waals surface area contributed by atoms with E-state index in [1.807, 2.05) is 12.1 Å². The minimum absolute atomic E-state index is 0. The highest BCUT2D eigenvalue weighted by atomic mass is 79.9. The summed E-state index contributed by atoms with van der Waals surface area (Å²) >= 11 is 0. The second kappa shape index (κ2) is 7.36. The van der Waals surface area contributed by atoms with Gasteiger partial charge in [0.05, 0.1) is 0 Å². The summed E-state index contributed by atoms with van der Waals surface area (Å²) in [5.74, 6) is 0.362. The molecule has 3 nitrogen and oxygen atoms in total. The molecular formula is C12H20Br2N2O. The lowest BCUT2D eigenvalue weighted by Crippen LogP contribution is -2.36. The standard InChI is InChI=1S/C12H18N2O.2BrH/c1-14(2)8-12-11-7-10(15)4-3-9(11)5-6-13-12;;/h3-4,7,12-13,15H,5-6,8H2,1-2H3;2*1H. The van der Waals surface area contributed by atoms with Gasteiger partial charge in [0.1, 0.15) is 5.75 Å². The fourth-order valence-electron chi connectivity index (χ4n) is 2.15. The number of benzene rings is 1. The van der Waals surface area contributed by atoms with Crippen LogP contribution in [0.15, 0.2) is 18.2 Å². The summed E-state index contributed by atoms with van der Waals surface area (Å²) < 4.78 is 0. The molecule has 2 rings (SSSR count). The van der Waals surface area contributed by atoms with Crippen LogP contribution in [-0.2, 0) is 6.42 Å². The summed E-state index contributed by atoms with van der Waals surface area (Å²) in [5.41, 5.74) is 2.60. The van der Waals surface area contributed by atoms with Crippen LogP contribution < -0.4 is 5.32 Å². The van der Waals surface area contributed by atoms with Gasteiger partial charge in [0.15, 0.2) is 0 Å². The number of aromatic hydroxyl groups is 1. The van der Waals surface area contributed by atoms with Gasteiger partial charge in [-0.05, 0) is 50.3 Å². The van der Waals surface area contributed by atoms with Crippen LogP contribution in [0.3, 0.4) is 0 Å². The third-order valence-corrected chi connectivity index (χ3v) is 2.84. The van der Waals surface area contributed by atoms with Gasteiger partial charge in [-0.2, -0.15) is 0 Å². The smallest absolute Gasteiger partial charge is 0.115 e. The number of rotatable bonds is 2. The van der Waals surface area contributed by atoms with Gasteiger partial charge in [-0.1, -0.05) is 6.07 Å². The lowest BCUT2D eigenvalue weighted by molar-refractivity contribution is 0.333. The Hall–Kier alpha value is -0.100. The average Bonchev–Trinajstić information content (AvgIpc) is 2.18. The summed E-state index contributed by atoms with van der Waals surface area (Å²) in [4.78, 5) is 2.16. The fourth-order valence-corrected chi connectivity index (χ4v) is 2.15. The molecule has 1 atom stereocenters. The van der Waals surface area contributed by atoms with Gasteiger partial charge in [0.25, 0.3) is 0 Å². The highest BCUT2D eigenvalue weighted by molar-refractivity contribution is 8.93. The van der Waals surface area contributed by atoms with E-state index in [4.69, 9.17) is 0 Å². The summed E-state index contributed by atoms with van der Waals surface area (Å²) in [7, 11) is 4.14. The normalized spacial score (nSPS) is 17.9. The molecule has 98 valence electrons. The molecule has 0 aromatic heterocycles. The van der Waals surface area contributed by atoms with E-state index in [1.165, 1.54) is 11.1 Å². The molecule has 0 spiro atoms. The molecule has 2 N–H and O–H groups in total. The molecule has 1 aliphatic rings. The van der Waals surface area contributed by atoms with E-state index in [0.717, 1.165) is 19.5 Å². The number of halogens is 2. The second-order valence-corrected chi connectivity index (χ2v) is 4.40. The van der Waals surface area contributed by atoms with Gasteiger partial charge in [-0.15, -0.1) is 34.0 Å². The molecule has 0 amide bonds. The predicted molar refractivity (Wildman–Crippen MR) is 81.8 cm³/mol. The lowest BCUT2D eigenvalue weighted by Gasteiger charge is -2.29. The number of hydrogen-bond donors (Lipinski definition) is 2. The quantitative estimate of drug-likeness (QED) is 0.841. The number of hydrogen-bond acceptors (Lipinski definition) is 3. The predicted octanol–water partition coefficient (Wildman–Crippen LogP) is 2.30. The van der Waals surface area contributed by atoms with Crippen molar-refractivity contribution in [1.82, 2.24) is 10.2 Å². The number of likely N-dealkylation sites (N-methyl/N-ethyl adjacent to an activating group) is 1. The van der Waals surface area contributed by atoms with Crippen molar-refractivity contribution in [1.29, 1.82) is 0 Å². The summed E-state index contributed by atoms with van der Waals surface area (Å²) in [6.45, 7) is 1.99. The molecule has 1 heterocycles. The number of phenolic OH excluding ortho intramolecular Hbond substituents is 1. The van der Waals surface area contributed by atoms with Crippen LogP contribution in [-0.4, -0.2) is 37.2 Å². The first-order valence-electron chi connectivity index (χ1n) is 5.37. The molecule has 0 saturated heterocycles. The number of nitrogens with zero attached hydrogens (tertiary/aromatic N) is 1. The topological polar surface area (TPSA) is 35.5 Å². The second-order valence-electron chi connectivity index (χ2n) is 4.40. The van der Waals surface area contributed by atoms with E-state index in [1.54, 1.807) is 6.07 Å². The van der Waals surface area contributed by atoms with Crippen molar-refractivity contribution >= 4 is 34.0 Å². The maximum atomic E-state index is 9.50. The van der Waals surface area contributed by atoms with E-state index >= 15 is 0 Å². The van der Waals surface area contributed by atoms with Crippen molar-refractivity contribution in [2.45, 2.75) is 12.5 Å². The molecule has 0 radical (unpaired) electrons. The first-order valence-corrected chi connectivity index (χ1v) is 5.37. The van der Waals surface area contributed by atoms with Crippen LogP contribution in [0.4, 0.5) is 0 Å². The first kappa shape index (κ1) is 16.9. The third-order valence-electron chi connectivity index (χ3n) is 2.84. The van der Waals surface area contributed by atoms with Crippen LogP contribution in [0, 0.1) is 0 Å². The fraction of sp³-hybridized carbons (Fsp3) is 0.500. The zero-order chi connectivity index (χ0) is 10.8. The van der Waals surface area contributed by atoms with Crippen LogP contribution in [0.25, 0.3) is 0 Å². The van der Waals surface area contributed by atoms with Crippen molar-refractivity contribution in [2.75, 3.05) is 27.2 Å². The van der Waals surface area contributed by atoms with Crippen LogP contribution >= 0.6 is 34.0 Å². The van der Waals surface area contributed by atoms with E-state index in [0.29, 0.717) is 11.8 Å². The van der Waals surface area contributed by atoms with Crippen molar-refractivity contribution in [3.8, 4) is 5.75 Å². The van der Waals surface area contributed by atoms with E-state index in [9.17, 15) is 5.11 Å². The number of nitrogens with one attached hydrogen (secondary N) is 1. The molecular weight excluding hydrogens is 348 g/mol. The lowest BCUT2D eigenvalue weighted by atomic mass is 9.94.